The van der Waals surface area contributed by atoms with E-state index in [4.69, 9.17) is 9.47 Å². The van der Waals surface area contributed by atoms with Gasteiger partial charge in [-0.25, -0.2) is 9.59 Å². The summed E-state index contributed by atoms with van der Waals surface area (Å²) in [5.41, 5.74) is 2.50. The van der Waals surface area contributed by atoms with E-state index in [0.29, 0.717) is 38.3 Å². The molecule has 0 bridgehead atoms. The first-order valence-corrected chi connectivity index (χ1v) is 17.3. The van der Waals surface area contributed by atoms with E-state index in [1.807, 2.05) is 62.2 Å². The maximum absolute atomic E-state index is 13.6. The van der Waals surface area contributed by atoms with Gasteiger partial charge in [-0.05, 0) is 96.0 Å². The van der Waals surface area contributed by atoms with Crippen molar-refractivity contribution in [2.75, 3.05) is 31.1 Å². The minimum Gasteiger partial charge on any atom is -0.478 e. The number of piperidine rings is 1. The number of alkyl carbamates (subject to hydrolysis) is 1. The van der Waals surface area contributed by atoms with E-state index >= 15 is 0 Å². The average Bonchev–Trinajstić information content (AvgIpc) is 3.74. The van der Waals surface area contributed by atoms with Gasteiger partial charge < -0.3 is 35.2 Å². The number of hydrogen-bond acceptors (Lipinski definition) is 7. The predicted molar refractivity (Wildman–Crippen MR) is 189 cm³/mol. The predicted octanol–water partition coefficient (Wildman–Crippen LogP) is 5.61. The number of carbonyl (C=O) groups excluding carboxylic acids is 3. The van der Waals surface area contributed by atoms with Crippen LogP contribution >= 0.6 is 0 Å². The minimum atomic E-state index is -1.11. The summed E-state index contributed by atoms with van der Waals surface area (Å²) in [5, 5.41) is 15.9. The molecule has 1 saturated carbocycles. The lowest BCUT2D eigenvalue weighted by Gasteiger charge is -2.36. The first-order valence-electron chi connectivity index (χ1n) is 17.3. The Balaban J connectivity index is 1.11. The highest BCUT2D eigenvalue weighted by atomic mass is 16.6. The van der Waals surface area contributed by atoms with Crippen molar-refractivity contribution in [3.8, 4) is 16.9 Å². The van der Waals surface area contributed by atoms with E-state index in [-0.39, 0.29) is 24.0 Å². The topological polar surface area (TPSA) is 141 Å². The molecule has 3 aromatic rings. The Labute approximate surface area is 289 Å². The number of carbonyl (C=O) groups is 3. The largest absolute Gasteiger partial charge is 0.478 e. The highest BCUT2D eigenvalue weighted by Crippen LogP contribution is 2.31. The van der Waals surface area contributed by atoms with Crippen LogP contribution in [-0.2, 0) is 16.1 Å². The number of H-pyrrole nitrogens is 1. The van der Waals surface area contributed by atoms with Crippen LogP contribution in [-0.4, -0.2) is 82.6 Å². The van der Waals surface area contributed by atoms with Gasteiger partial charge in [0.15, 0.2) is 5.60 Å². The molecule has 1 atom stereocenters. The van der Waals surface area contributed by atoms with E-state index in [1.54, 1.807) is 20.0 Å². The minimum absolute atomic E-state index is 0.0105. The normalized spacial score (nSPS) is 16.4. The molecule has 1 aliphatic heterocycles. The number of nitrogens with zero attached hydrogens (tertiary/aromatic N) is 3. The van der Waals surface area contributed by atoms with E-state index in [9.17, 15) is 14.4 Å². The molecule has 1 saturated heterocycles. The Morgan fingerprint density at radius 2 is 1.76 bits per heavy atom. The number of urea groups is 1. The van der Waals surface area contributed by atoms with Crippen LogP contribution in [0.5, 0.6) is 5.75 Å². The van der Waals surface area contributed by atoms with Crippen LogP contribution in [0.1, 0.15) is 72.3 Å². The van der Waals surface area contributed by atoms with Gasteiger partial charge in [0.05, 0.1) is 6.20 Å². The van der Waals surface area contributed by atoms with Crippen molar-refractivity contribution < 1.29 is 23.9 Å². The van der Waals surface area contributed by atoms with Crippen molar-refractivity contribution in [2.24, 2.45) is 0 Å². The highest BCUT2D eigenvalue weighted by Gasteiger charge is 2.34. The number of ether oxygens (including phenoxy) is 2. The summed E-state index contributed by atoms with van der Waals surface area (Å²) in [7, 11) is 0. The zero-order chi connectivity index (χ0) is 35.0. The molecule has 1 aromatic heterocycles. The van der Waals surface area contributed by atoms with Crippen LogP contribution in [0.4, 0.5) is 15.3 Å². The molecular formula is C37H51N7O5. The number of rotatable bonds is 13. The number of hydrogen-bond donors (Lipinski definition) is 4. The second kappa shape index (κ2) is 15.7. The van der Waals surface area contributed by atoms with E-state index in [0.717, 1.165) is 54.6 Å². The number of amides is 4. The maximum atomic E-state index is 13.6. The molecule has 12 heteroatoms. The third kappa shape index (κ3) is 10.6. The van der Waals surface area contributed by atoms with Gasteiger partial charge in [-0.3, -0.25) is 9.89 Å². The Morgan fingerprint density at radius 1 is 0.980 bits per heavy atom. The lowest BCUT2D eigenvalue weighted by atomic mass is 10.0. The van der Waals surface area contributed by atoms with Gasteiger partial charge in [0.25, 0.3) is 5.91 Å². The number of aromatic amines is 1. The third-order valence-corrected chi connectivity index (χ3v) is 8.52. The van der Waals surface area contributed by atoms with Crippen LogP contribution in [0, 0.1) is 0 Å². The fourth-order valence-electron chi connectivity index (χ4n) is 5.89. The average molecular weight is 674 g/mol. The summed E-state index contributed by atoms with van der Waals surface area (Å²) in [4.78, 5) is 42.7. The maximum Gasteiger partial charge on any atom is 0.407 e. The van der Waals surface area contributed by atoms with E-state index < -0.39 is 17.3 Å². The molecule has 2 aromatic carbocycles. The zero-order valence-corrected chi connectivity index (χ0v) is 29.4. The Kier molecular flexibility index (Phi) is 11.4. The van der Waals surface area contributed by atoms with Crippen LogP contribution in [0.3, 0.4) is 0 Å². The van der Waals surface area contributed by atoms with Crippen molar-refractivity contribution in [2.45, 2.75) is 96.6 Å². The molecule has 12 nitrogen and oxygen atoms in total. The molecular weight excluding hydrogens is 622 g/mol. The fourth-order valence-corrected chi connectivity index (χ4v) is 5.89. The van der Waals surface area contributed by atoms with Crippen LogP contribution in [0.15, 0.2) is 60.9 Å². The smallest absolute Gasteiger partial charge is 0.407 e. The SMILES string of the molecule is CC(C)(C)OC(=O)NCCCNC(=O)C(C)(C)Oc1cccc(N2CCC[C@H](NC(=O)N(Cc3cccc(-c4cn[nH]c4)c3)C3CC3)C2)c1. The van der Waals surface area contributed by atoms with Crippen LogP contribution in [0.25, 0.3) is 11.1 Å². The van der Waals surface area contributed by atoms with E-state index in [2.05, 4.69) is 49.2 Å². The molecule has 4 N–H and O–H groups in total. The number of benzene rings is 2. The van der Waals surface area contributed by atoms with Crippen molar-refractivity contribution >= 4 is 23.7 Å². The van der Waals surface area contributed by atoms with Gasteiger partial charge in [0.1, 0.15) is 11.4 Å². The number of nitrogens with one attached hydrogen (secondary N) is 4. The summed E-state index contributed by atoms with van der Waals surface area (Å²) >= 11 is 0. The summed E-state index contributed by atoms with van der Waals surface area (Å²) in [6.45, 7) is 11.8. The standard InChI is InChI=1S/C37H51N7O5/c1-36(2,3)49-35(47)39-18-9-17-38-33(45)37(4,5)48-32-14-7-13-31(21-32)43-19-8-12-29(25-43)42-34(46)44(30-15-16-30)24-26-10-6-11-27(20-26)28-22-40-41-23-28/h6-7,10-11,13-14,20-23,29-30H,8-9,12,15-19,24-25H2,1-5H3,(H,38,45)(H,39,47)(H,40,41)(H,42,46)/t29-/m0/s1. The molecule has 264 valence electrons. The first kappa shape index (κ1) is 35.6. The lowest BCUT2D eigenvalue weighted by molar-refractivity contribution is -0.134. The molecule has 1 aliphatic carbocycles. The molecule has 2 fully saturated rings. The first-order chi connectivity index (χ1) is 23.4. The Morgan fingerprint density at radius 3 is 2.49 bits per heavy atom. The monoisotopic (exact) mass is 673 g/mol. The van der Waals surface area contributed by atoms with E-state index in [1.165, 1.54) is 0 Å². The molecule has 5 rings (SSSR count). The Hall–Kier alpha value is -4.74. The fraction of sp³-hybridized carbons (Fsp3) is 0.514. The van der Waals surface area contributed by atoms with Gasteiger partial charge >= 0.3 is 12.1 Å². The number of aromatic nitrogens is 2. The molecule has 2 aliphatic rings. The zero-order valence-electron chi connectivity index (χ0n) is 29.4. The highest BCUT2D eigenvalue weighted by molar-refractivity contribution is 5.84. The third-order valence-electron chi connectivity index (χ3n) is 8.52. The van der Waals surface area contributed by atoms with Crippen LogP contribution in [0.2, 0.25) is 0 Å². The molecule has 0 radical (unpaired) electrons. The van der Waals surface area contributed by atoms with Crippen molar-refractivity contribution in [1.29, 1.82) is 0 Å². The summed E-state index contributed by atoms with van der Waals surface area (Å²) < 4.78 is 11.4. The van der Waals surface area contributed by atoms with Gasteiger partial charge in [0.2, 0.25) is 0 Å². The van der Waals surface area contributed by atoms with Crippen molar-refractivity contribution in [1.82, 2.24) is 31.0 Å². The summed E-state index contributed by atoms with van der Waals surface area (Å²) in [5.74, 6) is 0.345. The van der Waals surface area contributed by atoms with Gasteiger partial charge in [-0.1, -0.05) is 24.3 Å². The van der Waals surface area contributed by atoms with Gasteiger partial charge in [-0.2, -0.15) is 5.10 Å². The molecule has 49 heavy (non-hydrogen) atoms. The van der Waals surface area contributed by atoms with Crippen molar-refractivity contribution in [3.05, 3.63) is 66.5 Å². The second-order valence-corrected chi connectivity index (χ2v) is 14.4. The second-order valence-electron chi connectivity index (χ2n) is 14.4. The molecule has 4 amide bonds. The van der Waals surface area contributed by atoms with Crippen LogP contribution < -0.4 is 25.6 Å². The van der Waals surface area contributed by atoms with Crippen molar-refractivity contribution in [3.63, 3.8) is 0 Å². The summed E-state index contributed by atoms with van der Waals surface area (Å²) in [6, 6.07) is 16.3. The Bertz CT molecular complexity index is 1570. The molecule has 2 heterocycles. The molecule has 0 spiro atoms. The van der Waals surface area contributed by atoms with Gasteiger partial charge in [0, 0.05) is 68.3 Å². The molecule has 0 unspecified atom stereocenters. The summed E-state index contributed by atoms with van der Waals surface area (Å²) in [6.07, 6.45) is 7.66. The quantitative estimate of drug-likeness (QED) is 0.173. The van der Waals surface area contributed by atoms with Gasteiger partial charge in [-0.15, -0.1) is 0 Å². The number of anilines is 1. The lowest BCUT2D eigenvalue weighted by Crippen LogP contribution is -2.52.